The third-order valence-corrected chi connectivity index (χ3v) is 3.36. The maximum Gasteiger partial charge on any atom is 0.416 e. The van der Waals surface area contributed by atoms with Gasteiger partial charge in [0.1, 0.15) is 0 Å². The van der Waals surface area contributed by atoms with Crippen LogP contribution >= 0.6 is 0 Å². The minimum absolute atomic E-state index is 0.0470. The van der Waals surface area contributed by atoms with E-state index in [4.69, 9.17) is 0 Å². The van der Waals surface area contributed by atoms with Crippen molar-refractivity contribution in [3.05, 3.63) is 29.8 Å². The van der Waals surface area contributed by atoms with Crippen molar-refractivity contribution >= 4 is 11.7 Å². The molecule has 7 heteroatoms. The molecule has 1 fully saturated rings. The lowest BCUT2D eigenvalue weighted by Gasteiger charge is -2.17. The summed E-state index contributed by atoms with van der Waals surface area (Å²) in [4.78, 5) is 11.8. The van der Waals surface area contributed by atoms with Gasteiger partial charge in [-0.15, -0.1) is 0 Å². The summed E-state index contributed by atoms with van der Waals surface area (Å²) in [6.45, 7) is 1.75. The first-order valence-corrected chi connectivity index (χ1v) is 6.90. The Bertz CT molecular complexity index is 483. The third-order valence-electron chi connectivity index (χ3n) is 3.36. The van der Waals surface area contributed by atoms with E-state index in [0.717, 1.165) is 44.5 Å². The number of urea groups is 1. The maximum absolute atomic E-state index is 12.6. The number of alkyl halides is 3. The molecule has 0 spiro atoms. The van der Waals surface area contributed by atoms with Crippen molar-refractivity contribution in [3.63, 3.8) is 0 Å². The summed E-state index contributed by atoms with van der Waals surface area (Å²) in [5.74, 6) is 0. The molecular formula is C14H18F3N3O. The van der Waals surface area contributed by atoms with Crippen LogP contribution in [0, 0.1) is 0 Å². The summed E-state index contributed by atoms with van der Waals surface area (Å²) in [5.41, 5.74) is -0.645. The van der Waals surface area contributed by atoms with Gasteiger partial charge in [-0.2, -0.15) is 13.2 Å². The van der Waals surface area contributed by atoms with Gasteiger partial charge in [0.15, 0.2) is 0 Å². The van der Waals surface area contributed by atoms with Crippen LogP contribution in [0.4, 0.5) is 23.7 Å². The largest absolute Gasteiger partial charge is 0.416 e. The smallest absolute Gasteiger partial charge is 0.335 e. The Morgan fingerprint density at radius 2 is 2.05 bits per heavy atom. The number of rotatable bonds is 2. The lowest BCUT2D eigenvalue weighted by atomic mass is 10.1. The van der Waals surface area contributed by atoms with Gasteiger partial charge in [-0.25, -0.2) is 4.79 Å². The SMILES string of the molecule is O=C(Nc1cccc(C(F)(F)F)c1)NC1CCCNCC1. The number of hydrogen-bond donors (Lipinski definition) is 3. The van der Waals surface area contributed by atoms with E-state index in [0.29, 0.717) is 0 Å². The quantitative estimate of drug-likeness (QED) is 0.786. The van der Waals surface area contributed by atoms with Gasteiger partial charge in [0.2, 0.25) is 0 Å². The zero-order chi connectivity index (χ0) is 15.3. The molecule has 1 unspecified atom stereocenters. The van der Waals surface area contributed by atoms with E-state index in [1.165, 1.54) is 12.1 Å². The summed E-state index contributed by atoms with van der Waals surface area (Å²) in [5, 5.41) is 8.47. The van der Waals surface area contributed by atoms with Crippen molar-refractivity contribution < 1.29 is 18.0 Å². The molecule has 0 radical (unpaired) electrons. The molecule has 2 rings (SSSR count). The molecule has 0 saturated carbocycles. The minimum atomic E-state index is -4.42. The number of anilines is 1. The van der Waals surface area contributed by atoms with Crippen LogP contribution in [0.5, 0.6) is 0 Å². The standard InChI is InChI=1S/C14H18F3N3O/c15-14(16,17)10-3-1-4-12(9-10)20-13(21)19-11-5-2-7-18-8-6-11/h1,3-4,9,11,18H,2,5-8H2,(H2,19,20,21). The van der Waals surface area contributed by atoms with Crippen molar-refractivity contribution in [2.75, 3.05) is 18.4 Å². The Kier molecular flexibility index (Phi) is 5.06. The van der Waals surface area contributed by atoms with Crippen LogP contribution < -0.4 is 16.0 Å². The summed E-state index contributed by atoms with van der Waals surface area (Å²) in [6.07, 6.45) is -1.77. The fraction of sp³-hybridized carbons (Fsp3) is 0.500. The lowest BCUT2D eigenvalue weighted by Crippen LogP contribution is -2.38. The Labute approximate surface area is 121 Å². The summed E-state index contributed by atoms with van der Waals surface area (Å²) in [6, 6.07) is 4.18. The van der Waals surface area contributed by atoms with Gasteiger partial charge in [-0.1, -0.05) is 6.07 Å². The van der Waals surface area contributed by atoms with Crippen molar-refractivity contribution in [1.29, 1.82) is 0 Å². The second-order valence-corrected chi connectivity index (χ2v) is 5.05. The number of hydrogen-bond acceptors (Lipinski definition) is 2. The predicted molar refractivity (Wildman–Crippen MR) is 74.1 cm³/mol. The summed E-state index contributed by atoms with van der Waals surface area (Å²) >= 11 is 0. The summed E-state index contributed by atoms with van der Waals surface area (Å²) < 4.78 is 37.8. The number of nitrogens with one attached hydrogen (secondary N) is 3. The van der Waals surface area contributed by atoms with Gasteiger partial charge in [-0.05, 0) is 50.6 Å². The molecule has 0 bridgehead atoms. The van der Waals surface area contributed by atoms with Gasteiger partial charge < -0.3 is 16.0 Å². The molecule has 0 aromatic heterocycles. The monoisotopic (exact) mass is 301 g/mol. The number of carbonyl (C=O) groups is 1. The fourth-order valence-corrected chi connectivity index (χ4v) is 2.29. The van der Waals surface area contributed by atoms with Crippen LogP contribution in [0.3, 0.4) is 0 Å². The average Bonchev–Trinajstić information content (AvgIpc) is 2.66. The van der Waals surface area contributed by atoms with Crippen molar-refractivity contribution in [2.45, 2.75) is 31.5 Å². The van der Waals surface area contributed by atoms with Gasteiger partial charge in [0.25, 0.3) is 0 Å². The predicted octanol–water partition coefficient (Wildman–Crippen LogP) is 2.97. The Morgan fingerprint density at radius 3 is 2.81 bits per heavy atom. The second-order valence-electron chi connectivity index (χ2n) is 5.05. The first-order chi connectivity index (χ1) is 9.95. The Morgan fingerprint density at radius 1 is 1.24 bits per heavy atom. The highest BCUT2D eigenvalue weighted by Gasteiger charge is 2.30. The molecule has 21 heavy (non-hydrogen) atoms. The van der Waals surface area contributed by atoms with Crippen LogP contribution in [0.25, 0.3) is 0 Å². The zero-order valence-corrected chi connectivity index (χ0v) is 11.5. The highest BCUT2D eigenvalue weighted by atomic mass is 19.4. The van der Waals surface area contributed by atoms with E-state index in [1.54, 1.807) is 0 Å². The number of benzene rings is 1. The normalized spacial score (nSPS) is 19.7. The first kappa shape index (κ1) is 15.6. The molecule has 1 aliphatic rings. The second kappa shape index (κ2) is 6.80. The van der Waals surface area contributed by atoms with E-state index in [2.05, 4.69) is 16.0 Å². The Hall–Kier alpha value is -1.76. The molecule has 116 valence electrons. The third kappa shape index (κ3) is 4.93. The summed E-state index contributed by atoms with van der Waals surface area (Å²) in [7, 11) is 0. The van der Waals surface area contributed by atoms with Gasteiger partial charge >= 0.3 is 12.2 Å². The topological polar surface area (TPSA) is 53.2 Å². The average molecular weight is 301 g/mol. The van der Waals surface area contributed by atoms with E-state index in [1.807, 2.05) is 0 Å². The lowest BCUT2D eigenvalue weighted by molar-refractivity contribution is -0.137. The fourth-order valence-electron chi connectivity index (χ4n) is 2.29. The van der Waals surface area contributed by atoms with Crippen LogP contribution in [-0.4, -0.2) is 25.2 Å². The number of carbonyl (C=O) groups excluding carboxylic acids is 1. The maximum atomic E-state index is 12.6. The Balaban J connectivity index is 1.93. The molecule has 1 aromatic rings. The molecule has 2 amide bonds. The molecular weight excluding hydrogens is 283 g/mol. The zero-order valence-electron chi connectivity index (χ0n) is 11.5. The molecule has 1 saturated heterocycles. The van der Waals surface area contributed by atoms with Crippen LogP contribution in [0.1, 0.15) is 24.8 Å². The number of amides is 2. The van der Waals surface area contributed by atoms with E-state index in [-0.39, 0.29) is 11.7 Å². The molecule has 1 aromatic carbocycles. The highest BCUT2D eigenvalue weighted by Crippen LogP contribution is 2.30. The molecule has 1 aliphatic heterocycles. The minimum Gasteiger partial charge on any atom is -0.335 e. The van der Waals surface area contributed by atoms with E-state index in [9.17, 15) is 18.0 Å². The molecule has 4 nitrogen and oxygen atoms in total. The molecule has 1 atom stereocenters. The van der Waals surface area contributed by atoms with E-state index >= 15 is 0 Å². The van der Waals surface area contributed by atoms with Crippen molar-refractivity contribution in [2.24, 2.45) is 0 Å². The van der Waals surface area contributed by atoms with Crippen LogP contribution in [0.2, 0.25) is 0 Å². The molecule has 3 N–H and O–H groups in total. The van der Waals surface area contributed by atoms with Crippen molar-refractivity contribution in [3.8, 4) is 0 Å². The van der Waals surface area contributed by atoms with Crippen molar-refractivity contribution in [1.82, 2.24) is 10.6 Å². The highest BCUT2D eigenvalue weighted by molar-refractivity contribution is 5.89. The van der Waals surface area contributed by atoms with Gasteiger partial charge in [-0.3, -0.25) is 0 Å². The molecule has 0 aliphatic carbocycles. The van der Waals surface area contributed by atoms with Crippen LogP contribution in [-0.2, 0) is 6.18 Å². The van der Waals surface area contributed by atoms with Crippen LogP contribution in [0.15, 0.2) is 24.3 Å². The van der Waals surface area contributed by atoms with Gasteiger partial charge in [0, 0.05) is 11.7 Å². The van der Waals surface area contributed by atoms with Gasteiger partial charge in [0.05, 0.1) is 5.56 Å². The van der Waals surface area contributed by atoms with E-state index < -0.39 is 17.8 Å². The first-order valence-electron chi connectivity index (χ1n) is 6.90. The molecule has 1 heterocycles. The number of halogens is 3.